The number of carbonyl (C=O) groups is 2. The van der Waals surface area contributed by atoms with Crippen LogP contribution in [0.25, 0.3) is 5.76 Å². The van der Waals surface area contributed by atoms with E-state index in [0.29, 0.717) is 27.0 Å². The molecule has 8 heteroatoms. The van der Waals surface area contributed by atoms with Gasteiger partial charge in [0, 0.05) is 50.8 Å². The van der Waals surface area contributed by atoms with E-state index >= 15 is 0 Å². The standard InChI is InChI=1S/C28H28BrN3O4/c1-30(2)19-9-6-17(7-10-19)25-24(26(33)18-8-15-23(36-5)22(29)16-18)27(34)28(35)32(25)21-13-11-20(12-14-21)31(3)4/h6-16,25,33H,1-5H3/b26-24-. The monoisotopic (exact) mass is 549 g/mol. The highest BCUT2D eigenvalue weighted by atomic mass is 79.9. The highest BCUT2D eigenvalue weighted by Gasteiger charge is 2.47. The third kappa shape index (κ3) is 4.56. The summed E-state index contributed by atoms with van der Waals surface area (Å²) in [6, 6.07) is 19.2. The van der Waals surface area contributed by atoms with Crippen molar-refractivity contribution in [2.24, 2.45) is 0 Å². The van der Waals surface area contributed by atoms with E-state index in [1.165, 1.54) is 4.90 Å². The van der Waals surface area contributed by atoms with Crippen molar-refractivity contribution in [3.63, 3.8) is 0 Å². The van der Waals surface area contributed by atoms with E-state index in [1.54, 1.807) is 25.3 Å². The molecule has 1 aliphatic rings. The molecule has 1 amide bonds. The van der Waals surface area contributed by atoms with Crippen LogP contribution in [-0.2, 0) is 9.59 Å². The van der Waals surface area contributed by atoms with Crippen LogP contribution in [0.15, 0.2) is 76.8 Å². The van der Waals surface area contributed by atoms with Crippen molar-refractivity contribution in [1.82, 2.24) is 0 Å². The van der Waals surface area contributed by atoms with Gasteiger partial charge in [-0.05, 0) is 76.1 Å². The molecule has 1 aliphatic heterocycles. The van der Waals surface area contributed by atoms with Crippen molar-refractivity contribution >= 4 is 50.4 Å². The van der Waals surface area contributed by atoms with Crippen molar-refractivity contribution in [3.05, 3.63) is 87.9 Å². The number of Topliss-reactive ketones (excluding diaryl/α,β-unsaturated/α-hetero) is 1. The quantitative estimate of drug-likeness (QED) is 0.258. The molecule has 186 valence electrons. The largest absolute Gasteiger partial charge is 0.507 e. The van der Waals surface area contributed by atoms with Crippen LogP contribution in [0.2, 0.25) is 0 Å². The first-order valence-electron chi connectivity index (χ1n) is 11.3. The number of halogens is 1. The molecule has 1 atom stereocenters. The maximum Gasteiger partial charge on any atom is 0.300 e. The number of nitrogens with zero attached hydrogens (tertiary/aromatic N) is 3. The fourth-order valence-corrected chi connectivity index (χ4v) is 4.79. The van der Waals surface area contributed by atoms with Crippen LogP contribution in [0.5, 0.6) is 5.75 Å². The maximum absolute atomic E-state index is 13.4. The van der Waals surface area contributed by atoms with Gasteiger partial charge in [-0.15, -0.1) is 0 Å². The Labute approximate surface area is 219 Å². The van der Waals surface area contributed by atoms with Gasteiger partial charge >= 0.3 is 0 Å². The lowest BCUT2D eigenvalue weighted by molar-refractivity contribution is -0.132. The van der Waals surface area contributed by atoms with E-state index in [-0.39, 0.29) is 11.3 Å². The van der Waals surface area contributed by atoms with Crippen molar-refractivity contribution in [3.8, 4) is 5.75 Å². The Balaban J connectivity index is 1.90. The minimum absolute atomic E-state index is 0.0337. The number of ether oxygens (including phenoxy) is 1. The van der Waals surface area contributed by atoms with Crippen molar-refractivity contribution in [2.45, 2.75) is 6.04 Å². The molecule has 3 aromatic carbocycles. The molecular weight excluding hydrogens is 522 g/mol. The summed E-state index contributed by atoms with van der Waals surface area (Å²) in [5, 5.41) is 11.4. The molecule has 1 unspecified atom stereocenters. The number of hydrogen-bond donors (Lipinski definition) is 1. The van der Waals surface area contributed by atoms with Crippen LogP contribution in [0.4, 0.5) is 17.1 Å². The number of rotatable bonds is 6. The van der Waals surface area contributed by atoms with Crippen LogP contribution < -0.4 is 19.4 Å². The summed E-state index contributed by atoms with van der Waals surface area (Å²) < 4.78 is 5.90. The number of aliphatic hydroxyl groups excluding tert-OH is 1. The number of hydrogen-bond acceptors (Lipinski definition) is 6. The molecule has 0 aromatic heterocycles. The molecule has 7 nitrogen and oxygen atoms in total. The number of ketones is 1. The fraction of sp³-hybridized carbons (Fsp3) is 0.214. The lowest BCUT2D eigenvalue weighted by Gasteiger charge is -2.26. The first-order chi connectivity index (χ1) is 17.1. The van der Waals surface area contributed by atoms with E-state index in [2.05, 4.69) is 15.9 Å². The van der Waals surface area contributed by atoms with Gasteiger partial charge in [-0.3, -0.25) is 14.5 Å². The summed E-state index contributed by atoms with van der Waals surface area (Å²) in [5.41, 5.74) is 3.66. The van der Waals surface area contributed by atoms with Crippen LogP contribution >= 0.6 is 15.9 Å². The highest BCUT2D eigenvalue weighted by Crippen LogP contribution is 2.43. The van der Waals surface area contributed by atoms with Crippen LogP contribution in [0.3, 0.4) is 0 Å². The molecule has 4 rings (SSSR count). The number of anilines is 3. The number of amides is 1. The summed E-state index contributed by atoms with van der Waals surface area (Å²) in [5.74, 6) is -1.09. The first kappa shape index (κ1) is 25.3. The molecule has 1 fully saturated rings. The molecular formula is C28H28BrN3O4. The summed E-state index contributed by atoms with van der Waals surface area (Å²) in [6.07, 6.45) is 0. The Morgan fingerprint density at radius 2 is 1.44 bits per heavy atom. The number of aliphatic hydroxyl groups is 1. The van der Waals surface area contributed by atoms with Gasteiger partial charge in [0.25, 0.3) is 11.7 Å². The molecule has 0 spiro atoms. The molecule has 0 radical (unpaired) electrons. The minimum Gasteiger partial charge on any atom is -0.507 e. The average Bonchev–Trinajstić information content (AvgIpc) is 3.13. The Morgan fingerprint density at radius 1 is 0.889 bits per heavy atom. The zero-order chi connectivity index (χ0) is 26.1. The van der Waals surface area contributed by atoms with Gasteiger partial charge in [0.05, 0.1) is 23.2 Å². The first-order valence-corrected chi connectivity index (χ1v) is 12.1. The summed E-state index contributed by atoms with van der Waals surface area (Å²) in [7, 11) is 9.29. The topological polar surface area (TPSA) is 73.3 Å². The van der Waals surface area contributed by atoms with E-state index in [4.69, 9.17) is 4.74 Å². The van der Waals surface area contributed by atoms with Crippen LogP contribution in [-0.4, -0.2) is 52.1 Å². The Bertz CT molecular complexity index is 1330. The van der Waals surface area contributed by atoms with Gasteiger partial charge in [0.15, 0.2) is 0 Å². The Morgan fingerprint density at radius 3 is 1.94 bits per heavy atom. The Hall–Kier alpha value is -3.78. The third-order valence-electron chi connectivity index (χ3n) is 6.24. The predicted molar refractivity (Wildman–Crippen MR) is 147 cm³/mol. The van der Waals surface area contributed by atoms with Gasteiger partial charge in [-0.25, -0.2) is 0 Å². The second-order valence-electron chi connectivity index (χ2n) is 8.92. The van der Waals surface area contributed by atoms with Gasteiger partial charge in [-0.1, -0.05) is 12.1 Å². The van der Waals surface area contributed by atoms with Crippen LogP contribution in [0.1, 0.15) is 17.2 Å². The second-order valence-corrected chi connectivity index (χ2v) is 9.77. The van der Waals surface area contributed by atoms with Gasteiger partial charge in [0.1, 0.15) is 11.5 Å². The molecule has 1 saturated heterocycles. The lowest BCUT2D eigenvalue weighted by atomic mass is 9.95. The predicted octanol–water partition coefficient (Wildman–Crippen LogP) is 5.22. The summed E-state index contributed by atoms with van der Waals surface area (Å²) in [4.78, 5) is 32.1. The number of methoxy groups -OCH3 is 1. The van der Waals surface area contributed by atoms with Crippen LogP contribution in [0, 0.1) is 0 Å². The zero-order valence-corrected chi connectivity index (χ0v) is 22.4. The SMILES string of the molecule is COc1ccc(/C(O)=C2/C(=O)C(=O)N(c3ccc(N(C)C)cc3)C2c2ccc(N(C)C)cc2)cc1Br. The minimum atomic E-state index is -0.799. The van der Waals surface area contributed by atoms with Crippen molar-refractivity contribution in [1.29, 1.82) is 0 Å². The van der Waals surface area contributed by atoms with Gasteiger partial charge in [-0.2, -0.15) is 0 Å². The summed E-state index contributed by atoms with van der Waals surface area (Å²) in [6.45, 7) is 0. The van der Waals surface area contributed by atoms with Crippen molar-refractivity contribution < 1.29 is 19.4 Å². The van der Waals surface area contributed by atoms with E-state index < -0.39 is 17.7 Å². The maximum atomic E-state index is 13.4. The molecule has 0 bridgehead atoms. The highest BCUT2D eigenvalue weighted by molar-refractivity contribution is 9.10. The van der Waals surface area contributed by atoms with Gasteiger partial charge < -0.3 is 19.6 Å². The van der Waals surface area contributed by atoms with E-state index in [9.17, 15) is 14.7 Å². The normalized spacial score (nSPS) is 16.8. The fourth-order valence-electron chi connectivity index (χ4n) is 4.25. The lowest BCUT2D eigenvalue weighted by Crippen LogP contribution is -2.29. The number of benzene rings is 3. The molecule has 36 heavy (non-hydrogen) atoms. The molecule has 0 aliphatic carbocycles. The van der Waals surface area contributed by atoms with Crippen molar-refractivity contribution in [2.75, 3.05) is 50.0 Å². The second kappa shape index (κ2) is 10.1. The number of carbonyl (C=O) groups excluding carboxylic acids is 2. The van der Waals surface area contributed by atoms with E-state index in [1.807, 2.05) is 86.5 Å². The van der Waals surface area contributed by atoms with Gasteiger partial charge in [0.2, 0.25) is 0 Å². The molecule has 1 heterocycles. The zero-order valence-electron chi connectivity index (χ0n) is 20.8. The molecule has 1 N–H and O–H groups in total. The third-order valence-corrected chi connectivity index (χ3v) is 6.86. The molecule has 3 aromatic rings. The average molecular weight is 550 g/mol. The Kier molecular flexibility index (Phi) is 7.08. The smallest absolute Gasteiger partial charge is 0.300 e. The molecule has 0 saturated carbocycles. The van der Waals surface area contributed by atoms with E-state index in [0.717, 1.165) is 11.4 Å². The summed E-state index contributed by atoms with van der Waals surface area (Å²) >= 11 is 3.43.